The Bertz CT molecular complexity index is 331. The fourth-order valence-electron chi connectivity index (χ4n) is 1.64. The van der Waals surface area contributed by atoms with Gasteiger partial charge in [-0.1, -0.05) is 19.3 Å². The van der Waals surface area contributed by atoms with Crippen LogP contribution in [0.1, 0.15) is 32.6 Å². The highest BCUT2D eigenvalue weighted by atomic mass is 16.4. The zero-order valence-corrected chi connectivity index (χ0v) is 9.90. The molecule has 2 atom stereocenters. The van der Waals surface area contributed by atoms with E-state index < -0.39 is 18.0 Å². The average molecular weight is 238 g/mol. The van der Waals surface area contributed by atoms with Crippen LogP contribution in [0.2, 0.25) is 0 Å². The third-order valence-corrected chi connectivity index (χ3v) is 2.73. The number of carboxylic acid groups (broad SMARTS) is 1. The quantitative estimate of drug-likeness (QED) is 0.603. The first-order valence-electron chi connectivity index (χ1n) is 5.84. The second kappa shape index (κ2) is 6.14. The number of urea groups is 1. The minimum absolute atomic E-state index is 0.0636. The van der Waals surface area contributed by atoms with E-state index in [-0.39, 0.29) is 12.0 Å². The van der Waals surface area contributed by atoms with Gasteiger partial charge in [-0.15, -0.1) is 6.42 Å². The van der Waals surface area contributed by atoms with Crippen LogP contribution < -0.4 is 10.6 Å². The van der Waals surface area contributed by atoms with Gasteiger partial charge in [0.25, 0.3) is 0 Å². The first-order chi connectivity index (χ1) is 8.08. The van der Waals surface area contributed by atoms with Gasteiger partial charge in [-0.3, -0.25) is 0 Å². The molecular formula is C12H18N2O3. The fourth-order valence-corrected chi connectivity index (χ4v) is 1.64. The number of nitrogens with one attached hydrogen (secondary N) is 2. The molecule has 0 saturated heterocycles. The van der Waals surface area contributed by atoms with Crippen molar-refractivity contribution in [3.63, 3.8) is 0 Å². The van der Waals surface area contributed by atoms with Crippen LogP contribution in [0.4, 0.5) is 4.79 Å². The van der Waals surface area contributed by atoms with Crippen LogP contribution in [-0.2, 0) is 4.79 Å². The molecule has 0 aromatic rings. The van der Waals surface area contributed by atoms with Crippen molar-refractivity contribution in [3.05, 3.63) is 0 Å². The molecule has 1 saturated carbocycles. The van der Waals surface area contributed by atoms with Crippen LogP contribution in [0.3, 0.4) is 0 Å². The summed E-state index contributed by atoms with van der Waals surface area (Å²) in [5.41, 5.74) is 0. The lowest BCUT2D eigenvalue weighted by Gasteiger charge is -2.17. The standard InChI is InChI=1S/C12H18N2O3/c1-3-5-9(4-2)13-12(17)14-10(11(15)16)8-6-7-8/h2,8-10H,3,5-7H2,1H3,(H,15,16)(H2,13,14,17). The van der Waals surface area contributed by atoms with E-state index in [9.17, 15) is 9.59 Å². The molecule has 0 aromatic heterocycles. The van der Waals surface area contributed by atoms with Crippen LogP contribution in [0, 0.1) is 18.3 Å². The van der Waals surface area contributed by atoms with E-state index in [0.717, 1.165) is 19.3 Å². The van der Waals surface area contributed by atoms with Crippen molar-refractivity contribution < 1.29 is 14.7 Å². The Morgan fingerprint density at radius 2 is 2.12 bits per heavy atom. The summed E-state index contributed by atoms with van der Waals surface area (Å²) >= 11 is 0. The summed E-state index contributed by atoms with van der Waals surface area (Å²) in [5, 5.41) is 14.0. The minimum atomic E-state index is -0.990. The van der Waals surface area contributed by atoms with E-state index >= 15 is 0 Å². The molecule has 5 nitrogen and oxygen atoms in total. The van der Waals surface area contributed by atoms with Crippen molar-refractivity contribution in [2.75, 3.05) is 0 Å². The second-order valence-corrected chi connectivity index (χ2v) is 4.28. The number of carbonyl (C=O) groups is 2. The zero-order chi connectivity index (χ0) is 12.8. The highest BCUT2D eigenvalue weighted by molar-refractivity contribution is 5.83. The molecule has 0 heterocycles. The fraction of sp³-hybridized carbons (Fsp3) is 0.667. The number of carbonyl (C=O) groups excluding carboxylic acids is 1. The Balaban J connectivity index is 2.41. The van der Waals surface area contributed by atoms with Crippen LogP contribution in [0.25, 0.3) is 0 Å². The monoisotopic (exact) mass is 238 g/mol. The van der Waals surface area contributed by atoms with Gasteiger partial charge in [0.1, 0.15) is 6.04 Å². The second-order valence-electron chi connectivity index (χ2n) is 4.28. The highest BCUT2D eigenvalue weighted by Gasteiger charge is 2.37. The van der Waals surface area contributed by atoms with E-state index in [1.165, 1.54) is 0 Å². The largest absolute Gasteiger partial charge is 0.480 e. The molecule has 0 spiro atoms. The van der Waals surface area contributed by atoms with Gasteiger partial charge < -0.3 is 15.7 Å². The molecule has 0 radical (unpaired) electrons. The van der Waals surface area contributed by atoms with Crippen molar-refractivity contribution in [1.82, 2.24) is 10.6 Å². The first kappa shape index (κ1) is 13.4. The Labute approximate surface area is 101 Å². The molecule has 0 aromatic carbocycles. The van der Waals surface area contributed by atoms with E-state index in [0.29, 0.717) is 6.42 Å². The third kappa shape index (κ3) is 4.35. The first-order valence-corrected chi connectivity index (χ1v) is 5.84. The van der Waals surface area contributed by atoms with E-state index in [4.69, 9.17) is 11.5 Å². The Morgan fingerprint density at radius 1 is 1.47 bits per heavy atom. The van der Waals surface area contributed by atoms with Crippen molar-refractivity contribution in [3.8, 4) is 12.3 Å². The molecule has 1 aliphatic carbocycles. The van der Waals surface area contributed by atoms with Gasteiger partial charge in [0, 0.05) is 0 Å². The minimum Gasteiger partial charge on any atom is -0.480 e. The van der Waals surface area contributed by atoms with Gasteiger partial charge >= 0.3 is 12.0 Å². The number of rotatable bonds is 6. The molecule has 17 heavy (non-hydrogen) atoms. The molecule has 0 aliphatic heterocycles. The summed E-state index contributed by atoms with van der Waals surface area (Å²) < 4.78 is 0. The number of hydrogen-bond donors (Lipinski definition) is 3. The lowest BCUT2D eigenvalue weighted by Crippen LogP contribution is -2.49. The van der Waals surface area contributed by atoms with Gasteiger partial charge in [-0.05, 0) is 25.2 Å². The Kier molecular flexibility index (Phi) is 4.83. The van der Waals surface area contributed by atoms with E-state index in [2.05, 4.69) is 16.6 Å². The molecule has 94 valence electrons. The number of terminal acetylenes is 1. The number of hydrogen-bond acceptors (Lipinski definition) is 2. The van der Waals surface area contributed by atoms with Gasteiger partial charge in [0.2, 0.25) is 0 Å². The maximum Gasteiger partial charge on any atom is 0.326 e. The van der Waals surface area contributed by atoms with Crippen LogP contribution in [-0.4, -0.2) is 29.2 Å². The van der Waals surface area contributed by atoms with Crippen molar-refractivity contribution in [2.45, 2.75) is 44.7 Å². The molecule has 1 aliphatic rings. The number of amides is 2. The topological polar surface area (TPSA) is 78.4 Å². The van der Waals surface area contributed by atoms with Gasteiger partial charge in [-0.25, -0.2) is 9.59 Å². The summed E-state index contributed by atoms with van der Waals surface area (Å²) in [6.07, 6.45) is 8.51. The predicted octanol–water partition coefficient (Wildman–Crippen LogP) is 0.951. The molecule has 2 unspecified atom stereocenters. The molecule has 3 N–H and O–H groups in total. The molecule has 5 heteroatoms. The average Bonchev–Trinajstić information content (AvgIpc) is 3.08. The normalized spacial score (nSPS) is 17.6. The van der Waals surface area contributed by atoms with E-state index in [1.807, 2.05) is 6.92 Å². The molecular weight excluding hydrogens is 220 g/mol. The summed E-state index contributed by atoms with van der Waals surface area (Å²) in [6.45, 7) is 1.97. The van der Waals surface area contributed by atoms with Crippen molar-refractivity contribution >= 4 is 12.0 Å². The lowest BCUT2D eigenvalue weighted by molar-refractivity contribution is -0.139. The summed E-state index contributed by atoms with van der Waals surface area (Å²) in [6, 6.07) is -1.63. The van der Waals surface area contributed by atoms with Crippen LogP contribution in [0.5, 0.6) is 0 Å². The van der Waals surface area contributed by atoms with Crippen LogP contribution >= 0.6 is 0 Å². The summed E-state index contributed by atoms with van der Waals surface area (Å²) in [4.78, 5) is 22.5. The van der Waals surface area contributed by atoms with Crippen molar-refractivity contribution in [2.24, 2.45) is 5.92 Å². The molecule has 1 rings (SSSR count). The lowest BCUT2D eigenvalue weighted by atomic mass is 10.2. The Morgan fingerprint density at radius 3 is 2.53 bits per heavy atom. The Hall–Kier alpha value is -1.70. The van der Waals surface area contributed by atoms with E-state index in [1.54, 1.807) is 0 Å². The van der Waals surface area contributed by atoms with Crippen molar-refractivity contribution in [1.29, 1.82) is 0 Å². The molecule has 0 bridgehead atoms. The third-order valence-electron chi connectivity index (χ3n) is 2.73. The van der Waals surface area contributed by atoms with Gasteiger partial charge in [-0.2, -0.15) is 0 Å². The molecule has 2 amide bonds. The van der Waals surface area contributed by atoms with Crippen LogP contribution in [0.15, 0.2) is 0 Å². The highest BCUT2D eigenvalue weighted by Crippen LogP contribution is 2.32. The smallest absolute Gasteiger partial charge is 0.326 e. The maximum atomic E-state index is 11.6. The zero-order valence-electron chi connectivity index (χ0n) is 9.90. The predicted molar refractivity (Wildman–Crippen MR) is 63.3 cm³/mol. The summed E-state index contributed by atoms with van der Waals surface area (Å²) in [7, 11) is 0. The maximum absolute atomic E-state index is 11.6. The summed E-state index contributed by atoms with van der Waals surface area (Å²) in [5.74, 6) is 1.54. The van der Waals surface area contributed by atoms with Gasteiger partial charge in [0.05, 0.1) is 6.04 Å². The van der Waals surface area contributed by atoms with Gasteiger partial charge in [0.15, 0.2) is 0 Å². The number of aliphatic carboxylic acids is 1. The molecule has 1 fully saturated rings. The SMILES string of the molecule is C#CC(CCC)NC(=O)NC(C(=O)O)C1CC1. The number of carboxylic acids is 1.